The van der Waals surface area contributed by atoms with Crippen molar-refractivity contribution in [3.8, 4) is 5.82 Å². The van der Waals surface area contributed by atoms with Crippen LogP contribution in [0, 0.1) is 19.8 Å². The smallest absolute Gasteiger partial charge is 0.259 e. The van der Waals surface area contributed by atoms with Crippen LogP contribution < -0.4 is 10.2 Å². The highest BCUT2D eigenvalue weighted by molar-refractivity contribution is 6.05. The van der Waals surface area contributed by atoms with E-state index >= 15 is 0 Å². The first-order valence-electron chi connectivity index (χ1n) is 12.9. The van der Waals surface area contributed by atoms with Crippen molar-refractivity contribution in [3.05, 3.63) is 59.2 Å². The minimum atomic E-state index is -0.618. The third kappa shape index (κ3) is 5.43. The Morgan fingerprint density at radius 2 is 1.83 bits per heavy atom. The lowest BCUT2D eigenvalue weighted by atomic mass is 9.86. The summed E-state index contributed by atoms with van der Waals surface area (Å²) < 4.78 is 1.71. The normalized spacial score (nSPS) is 16.9. The summed E-state index contributed by atoms with van der Waals surface area (Å²) in [6.45, 7) is 9.53. The van der Waals surface area contributed by atoms with Crippen molar-refractivity contribution in [2.75, 3.05) is 23.3 Å². The fraction of sp³-hybridized carbons (Fsp3) is 0.500. The molecule has 8 nitrogen and oxygen atoms in total. The minimum absolute atomic E-state index is 0.213. The van der Waals surface area contributed by atoms with Gasteiger partial charge in [0.2, 0.25) is 0 Å². The molecule has 2 aliphatic rings. The van der Waals surface area contributed by atoms with Crippen LogP contribution in [0.1, 0.15) is 79.0 Å². The average molecular weight is 489 g/mol. The number of anilines is 2. The molecule has 0 spiro atoms. The van der Waals surface area contributed by atoms with Gasteiger partial charge in [-0.1, -0.05) is 6.07 Å². The van der Waals surface area contributed by atoms with Crippen molar-refractivity contribution in [3.63, 3.8) is 0 Å². The Bertz CT molecular complexity index is 1230. The Hall–Kier alpha value is -3.26. The van der Waals surface area contributed by atoms with Gasteiger partial charge in [0.25, 0.3) is 5.91 Å². The molecule has 1 aliphatic carbocycles. The molecule has 1 saturated carbocycles. The van der Waals surface area contributed by atoms with Crippen molar-refractivity contribution >= 4 is 17.4 Å². The van der Waals surface area contributed by atoms with Crippen molar-refractivity contribution in [1.29, 1.82) is 0 Å². The summed E-state index contributed by atoms with van der Waals surface area (Å²) >= 11 is 0. The molecule has 190 valence electrons. The maximum atomic E-state index is 13.0. The van der Waals surface area contributed by atoms with Gasteiger partial charge in [0.05, 0.1) is 34.9 Å². The van der Waals surface area contributed by atoms with Crippen LogP contribution in [0.25, 0.3) is 5.82 Å². The summed E-state index contributed by atoms with van der Waals surface area (Å²) in [5, 5.41) is 17.5. The number of aliphatic hydroxyl groups is 1. The summed E-state index contributed by atoms with van der Waals surface area (Å²) in [5.41, 5.74) is 3.60. The monoisotopic (exact) mass is 488 g/mol. The maximum absolute atomic E-state index is 13.0. The molecule has 3 aromatic rings. The van der Waals surface area contributed by atoms with Gasteiger partial charge < -0.3 is 15.3 Å². The molecule has 0 atom stereocenters. The van der Waals surface area contributed by atoms with Gasteiger partial charge in [-0.05, 0) is 94.9 Å². The third-order valence-corrected chi connectivity index (χ3v) is 7.30. The molecule has 0 radical (unpaired) electrons. The molecular formula is C28H36N6O2. The average Bonchev–Trinajstić information content (AvgIpc) is 3.61. The number of carbonyl (C=O) groups is 1. The van der Waals surface area contributed by atoms with Gasteiger partial charge in [0, 0.05) is 19.3 Å². The summed E-state index contributed by atoms with van der Waals surface area (Å²) in [6.07, 6.45) is 10.6. The fourth-order valence-corrected chi connectivity index (χ4v) is 5.27. The van der Waals surface area contributed by atoms with E-state index in [1.54, 1.807) is 17.1 Å². The summed E-state index contributed by atoms with van der Waals surface area (Å²) in [4.78, 5) is 24.6. The molecule has 36 heavy (non-hydrogen) atoms. The molecular weight excluding hydrogens is 452 g/mol. The second kappa shape index (κ2) is 9.65. The number of pyridine rings is 2. The van der Waals surface area contributed by atoms with Gasteiger partial charge in [-0.2, -0.15) is 5.10 Å². The Labute approximate surface area is 212 Å². The van der Waals surface area contributed by atoms with Crippen molar-refractivity contribution in [1.82, 2.24) is 19.7 Å². The van der Waals surface area contributed by atoms with Crippen molar-refractivity contribution in [2.24, 2.45) is 5.92 Å². The second-order valence-corrected chi connectivity index (χ2v) is 11.0. The van der Waals surface area contributed by atoms with E-state index in [-0.39, 0.29) is 5.91 Å². The highest BCUT2D eigenvalue weighted by Gasteiger charge is 2.26. The first-order valence-corrected chi connectivity index (χ1v) is 12.9. The van der Waals surface area contributed by atoms with Gasteiger partial charge in [0.1, 0.15) is 5.82 Å². The van der Waals surface area contributed by atoms with E-state index in [0.717, 1.165) is 49.4 Å². The van der Waals surface area contributed by atoms with E-state index in [0.29, 0.717) is 28.9 Å². The number of carbonyl (C=O) groups excluding carboxylic acids is 1. The van der Waals surface area contributed by atoms with E-state index in [2.05, 4.69) is 31.3 Å². The Morgan fingerprint density at radius 1 is 1.08 bits per heavy atom. The first kappa shape index (κ1) is 24.4. The van der Waals surface area contributed by atoms with Gasteiger partial charge in [-0.3, -0.25) is 4.79 Å². The Morgan fingerprint density at radius 3 is 2.44 bits per heavy atom. The molecule has 0 bridgehead atoms. The lowest BCUT2D eigenvalue weighted by Crippen LogP contribution is -2.37. The maximum Gasteiger partial charge on any atom is 0.259 e. The number of piperidine rings is 1. The molecule has 0 unspecified atom stereocenters. The SMILES string of the molecule is Cc1cc(NC(=O)c2cnn(-c3ccc(C4CC4)cn3)c2C)cnc1N1CCC(CC(C)(C)O)CC1. The largest absolute Gasteiger partial charge is 0.390 e. The van der Waals surface area contributed by atoms with Crippen LogP contribution in [0.4, 0.5) is 11.5 Å². The van der Waals surface area contributed by atoms with Crippen LogP contribution in [0.5, 0.6) is 0 Å². The van der Waals surface area contributed by atoms with Gasteiger partial charge in [-0.25, -0.2) is 14.6 Å². The van der Waals surface area contributed by atoms with Gasteiger partial charge in [0.15, 0.2) is 5.82 Å². The second-order valence-electron chi connectivity index (χ2n) is 11.0. The molecule has 4 heterocycles. The summed E-state index contributed by atoms with van der Waals surface area (Å²) in [5.74, 6) is 2.65. The first-order chi connectivity index (χ1) is 17.2. The molecule has 8 heteroatoms. The van der Waals surface area contributed by atoms with E-state index in [9.17, 15) is 9.90 Å². The van der Waals surface area contributed by atoms with E-state index < -0.39 is 5.60 Å². The Balaban J connectivity index is 1.23. The molecule has 1 amide bonds. The number of nitrogens with zero attached hydrogens (tertiary/aromatic N) is 5. The third-order valence-electron chi connectivity index (χ3n) is 7.30. The van der Waals surface area contributed by atoms with Crippen LogP contribution in [0.2, 0.25) is 0 Å². The minimum Gasteiger partial charge on any atom is -0.390 e. The molecule has 2 N–H and O–H groups in total. The van der Waals surface area contributed by atoms with E-state index in [1.165, 1.54) is 18.4 Å². The van der Waals surface area contributed by atoms with Crippen molar-refractivity contribution < 1.29 is 9.90 Å². The van der Waals surface area contributed by atoms with Crippen LogP contribution in [-0.2, 0) is 0 Å². The standard InChI is InChI=1S/C28H36N6O2/c1-18-13-23(16-30-26(18)33-11-9-20(10-12-33)14-28(3,4)36)32-27(35)24-17-31-34(19(24)2)25-8-7-22(15-29-25)21-5-6-21/h7-8,13,15-17,20-21,36H,5-6,9-12,14H2,1-4H3,(H,32,35). The molecule has 3 aromatic heterocycles. The van der Waals surface area contributed by atoms with Crippen LogP contribution >= 0.6 is 0 Å². The zero-order chi connectivity index (χ0) is 25.4. The van der Waals surface area contributed by atoms with Gasteiger partial charge in [-0.15, -0.1) is 0 Å². The number of aromatic nitrogens is 4. The van der Waals surface area contributed by atoms with Crippen LogP contribution in [0.15, 0.2) is 36.8 Å². The number of hydrogen-bond donors (Lipinski definition) is 2. The summed E-state index contributed by atoms with van der Waals surface area (Å²) in [6, 6.07) is 6.04. The predicted octanol–water partition coefficient (Wildman–Crippen LogP) is 4.79. The Kier molecular flexibility index (Phi) is 6.55. The highest BCUT2D eigenvalue weighted by Crippen LogP contribution is 2.39. The highest BCUT2D eigenvalue weighted by atomic mass is 16.3. The number of rotatable bonds is 7. The number of nitrogens with one attached hydrogen (secondary N) is 1. The van der Waals surface area contributed by atoms with Crippen LogP contribution in [-0.4, -0.2) is 49.5 Å². The zero-order valence-electron chi connectivity index (χ0n) is 21.7. The lowest BCUT2D eigenvalue weighted by molar-refractivity contribution is 0.0482. The fourth-order valence-electron chi connectivity index (χ4n) is 5.27. The van der Waals surface area contributed by atoms with E-state index in [4.69, 9.17) is 0 Å². The molecule has 2 fully saturated rings. The topological polar surface area (TPSA) is 96.2 Å². The number of hydrogen-bond acceptors (Lipinski definition) is 6. The quantitative estimate of drug-likeness (QED) is 0.497. The van der Waals surface area contributed by atoms with Crippen LogP contribution in [0.3, 0.4) is 0 Å². The molecule has 5 rings (SSSR count). The number of amides is 1. The summed E-state index contributed by atoms with van der Waals surface area (Å²) in [7, 11) is 0. The molecule has 1 saturated heterocycles. The lowest BCUT2D eigenvalue weighted by Gasteiger charge is -2.35. The predicted molar refractivity (Wildman–Crippen MR) is 141 cm³/mol. The molecule has 0 aromatic carbocycles. The van der Waals surface area contributed by atoms with Gasteiger partial charge >= 0.3 is 0 Å². The number of aryl methyl sites for hydroxylation is 1. The molecule has 1 aliphatic heterocycles. The zero-order valence-corrected chi connectivity index (χ0v) is 21.7. The van der Waals surface area contributed by atoms with E-state index in [1.807, 2.05) is 46.0 Å². The van der Waals surface area contributed by atoms with Crippen molar-refractivity contribution in [2.45, 2.75) is 71.3 Å².